The minimum atomic E-state index is -1.05. The molecule has 0 bridgehead atoms. The largest absolute Gasteiger partial charge is 0.478 e. The SMILES string of the molecule is NC(=O)[C@@H](Cc1ccc(C(=O)O)cc1)NC(=O)[C@@H]1CCC(=O)N1. The van der Waals surface area contributed by atoms with Crippen LogP contribution in [0.2, 0.25) is 0 Å². The Morgan fingerprint density at radius 3 is 2.43 bits per heavy atom. The van der Waals surface area contributed by atoms with Crippen LogP contribution in [0, 0.1) is 0 Å². The maximum atomic E-state index is 12.0. The molecule has 1 aromatic carbocycles. The fourth-order valence-corrected chi connectivity index (χ4v) is 2.32. The van der Waals surface area contributed by atoms with Gasteiger partial charge in [-0.1, -0.05) is 12.1 Å². The van der Waals surface area contributed by atoms with Crippen molar-refractivity contribution in [2.75, 3.05) is 0 Å². The number of carbonyl (C=O) groups is 4. The predicted molar refractivity (Wildman–Crippen MR) is 79.4 cm³/mol. The smallest absolute Gasteiger partial charge is 0.335 e. The van der Waals surface area contributed by atoms with E-state index in [1.807, 2.05) is 0 Å². The molecule has 0 aliphatic carbocycles. The zero-order chi connectivity index (χ0) is 17.0. The minimum Gasteiger partial charge on any atom is -0.478 e. The third kappa shape index (κ3) is 4.29. The quantitative estimate of drug-likeness (QED) is 0.542. The Morgan fingerprint density at radius 2 is 1.96 bits per heavy atom. The third-order valence-corrected chi connectivity index (χ3v) is 3.61. The molecule has 5 N–H and O–H groups in total. The third-order valence-electron chi connectivity index (χ3n) is 3.61. The number of carboxylic acid groups (broad SMARTS) is 1. The van der Waals surface area contributed by atoms with Gasteiger partial charge in [0.25, 0.3) is 0 Å². The van der Waals surface area contributed by atoms with Gasteiger partial charge in [0.2, 0.25) is 17.7 Å². The van der Waals surface area contributed by atoms with Crippen molar-refractivity contribution in [1.29, 1.82) is 0 Å². The monoisotopic (exact) mass is 319 g/mol. The number of primary amides is 1. The van der Waals surface area contributed by atoms with E-state index in [0.717, 1.165) is 0 Å². The molecule has 1 aliphatic rings. The highest BCUT2D eigenvalue weighted by atomic mass is 16.4. The van der Waals surface area contributed by atoms with Gasteiger partial charge in [-0.05, 0) is 24.1 Å². The van der Waals surface area contributed by atoms with Crippen LogP contribution in [-0.2, 0) is 20.8 Å². The number of carbonyl (C=O) groups excluding carboxylic acids is 3. The summed E-state index contributed by atoms with van der Waals surface area (Å²) in [5.74, 6) is -2.41. The number of aromatic carboxylic acids is 1. The number of hydrogen-bond acceptors (Lipinski definition) is 4. The maximum absolute atomic E-state index is 12.0. The van der Waals surface area contributed by atoms with E-state index in [1.165, 1.54) is 12.1 Å². The number of hydrogen-bond donors (Lipinski definition) is 4. The molecule has 8 nitrogen and oxygen atoms in total. The van der Waals surface area contributed by atoms with Gasteiger partial charge in [0.15, 0.2) is 0 Å². The van der Waals surface area contributed by atoms with Crippen LogP contribution in [0.4, 0.5) is 0 Å². The van der Waals surface area contributed by atoms with Crippen molar-refractivity contribution >= 4 is 23.7 Å². The van der Waals surface area contributed by atoms with Gasteiger partial charge in [0.1, 0.15) is 12.1 Å². The summed E-state index contributed by atoms with van der Waals surface area (Å²) in [5, 5.41) is 13.9. The first kappa shape index (κ1) is 16.5. The fraction of sp³-hybridized carbons (Fsp3) is 0.333. The second-order valence-corrected chi connectivity index (χ2v) is 5.33. The van der Waals surface area contributed by atoms with Gasteiger partial charge in [0, 0.05) is 12.8 Å². The second kappa shape index (κ2) is 6.91. The Bertz CT molecular complexity index is 641. The molecule has 0 aromatic heterocycles. The van der Waals surface area contributed by atoms with E-state index >= 15 is 0 Å². The molecule has 1 aromatic rings. The van der Waals surface area contributed by atoms with Crippen LogP contribution in [0.3, 0.4) is 0 Å². The molecule has 23 heavy (non-hydrogen) atoms. The Hall–Kier alpha value is -2.90. The number of rotatable bonds is 6. The van der Waals surface area contributed by atoms with E-state index in [4.69, 9.17) is 10.8 Å². The first-order valence-corrected chi connectivity index (χ1v) is 7.08. The molecular weight excluding hydrogens is 302 g/mol. The summed E-state index contributed by atoms with van der Waals surface area (Å²) >= 11 is 0. The lowest BCUT2D eigenvalue weighted by atomic mass is 10.0. The van der Waals surface area contributed by atoms with Crippen molar-refractivity contribution in [1.82, 2.24) is 10.6 Å². The highest BCUT2D eigenvalue weighted by Crippen LogP contribution is 2.10. The van der Waals surface area contributed by atoms with Crippen molar-refractivity contribution in [3.63, 3.8) is 0 Å². The molecule has 8 heteroatoms. The van der Waals surface area contributed by atoms with Crippen molar-refractivity contribution < 1.29 is 24.3 Å². The van der Waals surface area contributed by atoms with Gasteiger partial charge in [-0.3, -0.25) is 14.4 Å². The molecule has 2 rings (SSSR count). The van der Waals surface area contributed by atoms with Gasteiger partial charge in [-0.25, -0.2) is 4.79 Å². The highest BCUT2D eigenvalue weighted by molar-refractivity contribution is 5.93. The molecule has 0 unspecified atom stereocenters. The zero-order valence-electron chi connectivity index (χ0n) is 12.2. The maximum Gasteiger partial charge on any atom is 0.335 e. The van der Waals surface area contributed by atoms with Gasteiger partial charge in [-0.2, -0.15) is 0 Å². The molecule has 3 amide bonds. The van der Waals surface area contributed by atoms with Crippen LogP contribution >= 0.6 is 0 Å². The predicted octanol–water partition coefficient (Wildman–Crippen LogP) is -0.824. The normalized spacial score (nSPS) is 18.1. The summed E-state index contributed by atoms with van der Waals surface area (Å²) in [6, 6.07) is 4.35. The van der Waals surface area contributed by atoms with E-state index in [2.05, 4.69) is 10.6 Å². The van der Waals surface area contributed by atoms with Gasteiger partial charge in [-0.15, -0.1) is 0 Å². The first-order valence-electron chi connectivity index (χ1n) is 7.08. The average molecular weight is 319 g/mol. The van der Waals surface area contributed by atoms with Crippen molar-refractivity contribution in [2.45, 2.75) is 31.3 Å². The van der Waals surface area contributed by atoms with Crippen molar-refractivity contribution in [2.24, 2.45) is 5.73 Å². The van der Waals surface area contributed by atoms with Crippen molar-refractivity contribution in [3.05, 3.63) is 35.4 Å². The van der Waals surface area contributed by atoms with Gasteiger partial charge >= 0.3 is 5.97 Å². The van der Waals surface area contributed by atoms with E-state index in [9.17, 15) is 19.2 Å². The zero-order valence-corrected chi connectivity index (χ0v) is 12.2. The molecule has 1 heterocycles. The van der Waals surface area contributed by atoms with E-state index in [0.29, 0.717) is 12.0 Å². The number of carboxylic acids is 1. The molecule has 1 aliphatic heterocycles. The molecule has 122 valence electrons. The minimum absolute atomic E-state index is 0.127. The van der Waals surface area contributed by atoms with Crippen molar-refractivity contribution in [3.8, 4) is 0 Å². The summed E-state index contributed by atoms with van der Waals surface area (Å²) in [6.07, 6.45) is 0.793. The van der Waals surface area contributed by atoms with Crippen LogP contribution in [0.5, 0.6) is 0 Å². The van der Waals surface area contributed by atoms with Crippen LogP contribution in [0.1, 0.15) is 28.8 Å². The standard InChI is InChI=1S/C15H17N3O5/c16-13(20)11(18-14(21)10-5-6-12(19)17-10)7-8-1-3-9(4-2-8)15(22)23/h1-4,10-11H,5-7H2,(H2,16,20)(H,17,19)(H,18,21)(H,22,23)/t10-,11+/m0/s1. The van der Waals surface area contributed by atoms with Gasteiger partial charge < -0.3 is 21.5 Å². The lowest BCUT2D eigenvalue weighted by molar-refractivity contribution is -0.129. The highest BCUT2D eigenvalue weighted by Gasteiger charge is 2.29. The van der Waals surface area contributed by atoms with Crippen LogP contribution in [0.15, 0.2) is 24.3 Å². The number of benzene rings is 1. The first-order chi connectivity index (χ1) is 10.9. The number of nitrogens with two attached hydrogens (primary N) is 1. The lowest BCUT2D eigenvalue weighted by Crippen LogP contribution is -2.51. The number of amides is 3. The van der Waals surface area contributed by atoms with Crippen LogP contribution in [0.25, 0.3) is 0 Å². The summed E-state index contributed by atoms with van der Waals surface area (Å²) in [5.41, 5.74) is 6.09. The summed E-state index contributed by atoms with van der Waals surface area (Å²) in [7, 11) is 0. The van der Waals surface area contributed by atoms with E-state index in [1.54, 1.807) is 12.1 Å². The van der Waals surface area contributed by atoms with Gasteiger partial charge in [0.05, 0.1) is 5.56 Å². The molecule has 1 saturated heterocycles. The van der Waals surface area contributed by atoms with Crippen LogP contribution in [-0.4, -0.2) is 40.9 Å². The molecule has 0 saturated carbocycles. The topological polar surface area (TPSA) is 139 Å². The summed E-state index contributed by atoms with van der Waals surface area (Å²) < 4.78 is 0. The Kier molecular flexibility index (Phi) is 4.95. The Balaban J connectivity index is 2.01. The molecule has 2 atom stereocenters. The Morgan fingerprint density at radius 1 is 1.30 bits per heavy atom. The van der Waals surface area contributed by atoms with Crippen LogP contribution < -0.4 is 16.4 Å². The average Bonchev–Trinajstić information content (AvgIpc) is 2.93. The summed E-state index contributed by atoms with van der Waals surface area (Å²) in [6.45, 7) is 0. The lowest BCUT2D eigenvalue weighted by Gasteiger charge is -2.18. The van der Waals surface area contributed by atoms with E-state index in [-0.39, 0.29) is 24.3 Å². The Labute approximate surface area is 132 Å². The second-order valence-electron chi connectivity index (χ2n) is 5.33. The molecular formula is C15H17N3O5. The number of nitrogens with one attached hydrogen (secondary N) is 2. The molecule has 0 radical (unpaired) electrons. The summed E-state index contributed by atoms with van der Waals surface area (Å²) in [4.78, 5) is 45.5. The van der Waals surface area contributed by atoms with E-state index < -0.39 is 29.9 Å². The molecule has 0 spiro atoms. The molecule has 1 fully saturated rings. The fourth-order valence-electron chi connectivity index (χ4n) is 2.32.